The average molecular weight is 358 g/mol. The molecule has 0 unspecified atom stereocenters. The van der Waals surface area contributed by atoms with Gasteiger partial charge in [0.05, 0.1) is 0 Å². The third kappa shape index (κ3) is 7170. The van der Waals surface area contributed by atoms with Gasteiger partial charge in [0.15, 0.2) is 0 Å². The van der Waals surface area contributed by atoms with E-state index in [9.17, 15) is 0 Å². The summed E-state index contributed by atoms with van der Waals surface area (Å²) < 4.78 is 0. The van der Waals surface area contributed by atoms with Crippen LogP contribution in [-0.2, 0) is 0 Å². The van der Waals surface area contributed by atoms with Crippen LogP contribution < -0.4 is 0 Å². The van der Waals surface area contributed by atoms with Crippen molar-refractivity contribution in [2.45, 2.75) is 79.8 Å². The summed E-state index contributed by atoms with van der Waals surface area (Å²) in [7, 11) is 0. The van der Waals surface area contributed by atoms with Crippen molar-refractivity contribution in [2.75, 3.05) is 0 Å². The standard InChI is InChI=1S/4C3H8O.In.3H/c4*1-3(2)4;;;;/h4*3-4H,1-2H3;;;;. The summed E-state index contributed by atoms with van der Waals surface area (Å²) in [5, 5.41) is 32.2. The first kappa shape index (κ1) is 30.6. The molecular formula is C12H35InO4. The maximum atomic E-state index is 8.06. The minimum absolute atomic E-state index is 0. The first-order valence-electron chi connectivity index (χ1n) is 5.65. The van der Waals surface area contributed by atoms with E-state index in [4.69, 9.17) is 20.4 Å². The molecule has 0 aromatic rings. The van der Waals surface area contributed by atoms with Crippen LogP contribution in [0.4, 0.5) is 0 Å². The van der Waals surface area contributed by atoms with Crippen molar-refractivity contribution in [3.05, 3.63) is 0 Å². The van der Waals surface area contributed by atoms with E-state index in [-0.39, 0.29) is 50.3 Å². The van der Waals surface area contributed by atoms with Gasteiger partial charge in [-0.2, -0.15) is 0 Å². The van der Waals surface area contributed by atoms with Crippen LogP contribution in [0.25, 0.3) is 0 Å². The van der Waals surface area contributed by atoms with E-state index in [1.54, 1.807) is 55.4 Å². The zero-order valence-electron chi connectivity index (χ0n) is 12.1. The van der Waals surface area contributed by atoms with Gasteiger partial charge in [-0.25, -0.2) is 0 Å². The number of aliphatic hydroxyl groups is 4. The van der Waals surface area contributed by atoms with Gasteiger partial charge in [0.25, 0.3) is 0 Å². The Bertz CT molecular complexity index is 61.5. The Morgan fingerprint density at radius 2 is 0.412 bits per heavy atom. The molecule has 4 nitrogen and oxygen atoms in total. The summed E-state index contributed by atoms with van der Waals surface area (Å²) in [6, 6.07) is 0. The molecule has 0 aliphatic rings. The molecule has 0 aromatic heterocycles. The SMILES string of the molecule is CC(C)O.CC(C)O.CC(C)O.CC(C)O.[InH3]. The second-order valence-electron chi connectivity index (χ2n) is 4.37. The molecule has 17 heavy (non-hydrogen) atoms. The second-order valence-corrected chi connectivity index (χ2v) is 4.37. The molecule has 0 spiro atoms. The number of rotatable bonds is 0. The summed E-state index contributed by atoms with van der Waals surface area (Å²) in [5.41, 5.74) is 0. The molecule has 0 aliphatic heterocycles. The molecule has 0 saturated heterocycles. The van der Waals surface area contributed by atoms with Crippen LogP contribution >= 0.6 is 0 Å². The van der Waals surface area contributed by atoms with Crippen molar-refractivity contribution < 1.29 is 20.4 Å². The molecule has 0 bridgehead atoms. The molecule has 0 saturated carbocycles. The summed E-state index contributed by atoms with van der Waals surface area (Å²) in [5.74, 6) is 0. The first-order chi connectivity index (χ1) is 6.93. The predicted molar refractivity (Wildman–Crippen MR) is 79.4 cm³/mol. The van der Waals surface area contributed by atoms with Crippen molar-refractivity contribution in [1.82, 2.24) is 0 Å². The molecule has 5 heteroatoms. The number of hydrogen-bond acceptors (Lipinski definition) is 4. The molecule has 110 valence electrons. The molecule has 0 fully saturated rings. The van der Waals surface area contributed by atoms with Gasteiger partial charge >= 0.3 is 25.8 Å². The van der Waals surface area contributed by atoms with Gasteiger partial charge in [-0.3, -0.25) is 0 Å². The van der Waals surface area contributed by atoms with Gasteiger partial charge in [0, 0.05) is 24.4 Å². The monoisotopic (exact) mass is 358 g/mol. The summed E-state index contributed by atoms with van der Waals surface area (Å²) in [6.45, 7) is 13.8. The Morgan fingerprint density at radius 1 is 0.412 bits per heavy atom. The molecule has 4 N–H and O–H groups in total. The Balaban J connectivity index is -0.0000000369. The summed E-state index contributed by atoms with van der Waals surface area (Å²) in [4.78, 5) is 0. The van der Waals surface area contributed by atoms with Crippen molar-refractivity contribution in [2.24, 2.45) is 0 Å². The molecule has 0 radical (unpaired) electrons. The third-order valence-electron chi connectivity index (χ3n) is 0. The molecule has 0 aliphatic carbocycles. The van der Waals surface area contributed by atoms with Crippen molar-refractivity contribution in [1.29, 1.82) is 0 Å². The minimum atomic E-state index is -0.167. The van der Waals surface area contributed by atoms with E-state index in [1.807, 2.05) is 0 Å². The molecule has 0 heterocycles. The number of aliphatic hydroxyl groups excluding tert-OH is 4. The Morgan fingerprint density at radius 3 is 0.412 bits per heavy atom. The van der Waals surface area contributed by atoms with Crippen LogP contribution in [0.15, 0.2) is 0 Å². The maximum absolute atomic E-state index is 8.06. The van der Waals surface area contributed by atoms with Crippen molar-refractivity contribution in [3.8, 4) is 0 Å². The van der Waals surface area contributed by atoms with Crippen LogP contribution in [0, 0.1) is 0 Å². The van der Waals surface area contributed by atoms with Crippen molar-refractivity contribution in [3.63, 3.8) is 0 Å². The summed E-state index contributed by atoms with van der Waals surface area (Å²) in [6.07, 6.45) is -0.667. The fourth-order valence-electron chi connectivity index (χ4n) is 0. The average Bonchev–Trinajstić information content (AvgIpc) is 1.76. The van der Waals surface area contributed by atoms with E-state index < -0.39 is 0 Å². The predicted octanol–water partition coefficient (Wildman–Crippen LogP) is 0.364. The molecular weight excluding hydrogens is 323 g/mol. The summed E-state index contributed by atoms with van der Waals surface area (Å²) >= 11 is 0. The Kier molecular flexibility index (Phi) is 46.0. The van der Waals surface area contributed by atoms with Crippen LogP contribution in [0.2, 0.25) is 0 Å². The van der Waals surface area contributed by atoms with Crippen LogP contribution in [0.5, 0.6) is 0 Å². The van der Waals surface area contributed by atoms with E-state index in [2.05, 4.69) is 0 Å². The fourth-order valence-corrected chi connectivity index (χ4v) is 0. The van der Waals surface area contributed by atoms with E-state index in [0.29, 0.717) is 0 Å². The molecule has 0 aromatic carbocycles. The molecule has 0 rings (SSSR count). The van der Waals surface area contributed by atoms with Gasteiger partial charge in [-0.15, -0.1) is 0 Å². The molecule has 0 amide bonds. The van der Waals surface area contributed by atoms with Gasteiger partial charge in [0.2, 0.25) is 0 Å². The van der Waals surface area contributed by atoms with Gasteiger partial charge < -0.3 is 20.4 Å². The van der Waals surface area contributed by atoms with E-state index in [1.165, 1.54) is 0 Å². The zero-order valence-corrected chi connectivity index (χ0v) is 12.1. The second kappa shape index (κ2) is 25.5. The van der Waals surface area contributed by atoms with Crippen LogP contribution in [0.3, 0.4) is 0 Å². The Hall–Kier alpha value is 0.710. The zero-order chi connectivity index (χ0) is 14.3. The topological polar surface area (TPSA) is 80.9 Å². The van der Waals surface area contributed by atoms with Crippen molar-refractivity contribution >= 4 is 25.8 Å². The van der Waals surface area contributed by atoms with Gasteiger partial charge in [-0.05, 0) is 55.4 Å². The first-order valence-corrected chi connectivity index (χ1v) is 5.65. The Labute approximate surface area is 126 Å². The van der Waals surface area contributed by atoms with Crippen LogP contribution in [-0.4, -0.2) is 70.7 Å². The molecule has 0 atom stereocenters. The fraction of sp³-hybridized carbons (Fsp3) is 1.00. The van der Waals surface area contributed by atoms with E-state index in [0.717, 1.165) is 0 Å². The van der Waals surface area contributed by atoms with E-state index >= 15 is 0 Å². The van der Waals surface area contributed by atoms with Gasteiger partial charge in [-0.1, -0.05) is 0 Å². The quantitative estimate of drug-likeness (QED) is 0.504. The van der Waals surface area contributed by atoms with Crippen LogP contribution in [0.1, 0.15) is 55.4 Å². The third-order valence-corrected chi connectivity index (χ3v) is 0. The normalized spacial score (nSPS) is 8.47. The number of hydrogen-bond donors (Lipinski definition) is 4. The van der Waals surface area contributed by atoms with Gasteiger partial charge in [0.1, 0.15) is 0 Å².